The van der Waals surface area contributed by atoms with Gasteiger partial charge in [-0.1, -0.05) is 92.3 Å². The van der Waals surface area contributed by atoms with E-state index in [2.05, 4.69) is 72.4 Å². The minimum Gasteiger partial charge on any atom is -0.469 e. The van der Waals surface area contributed by atoms with Gasteiger partial charge in [-0.15, -0.1) is 0 Å². The first-order chi connectivity index (χ1) is 18.0. The molecule has 0 amide bonds. The lowest BCUT2D eigenvalue weighted by atomic mass is 10.1. The van der Waals surface area contributed by atoms with Gasteiger partial charge in [0.05, 0.1) is 17.3 Å². The minimum absolute atomic E-state index is 0.249. The van der Waals surface area contributed by atoms with Crippen LogP contribution in [0.5, 0.6) is 0 Å². The monoisotopic (exact) mass is 526 g/mol. The Morgan fingerprint density at radius 1 is 0.757 bits per heavy atom. The van der Waals surface area contributed by atoms with E-state index in [-0.39, 0.29) is 5.97 Å². The number of rotatable bonds is 20. The number of sulfone groups is 1. The molecule has 4 nitrogen and oxygen atoms in total. The van der Waals surface area contributed by atoms with Gasteiger partial charge in [0.1, 0.15) is 0 Å². The molecule has 0 aliphatic rings. The fourth-order valence-corrected chi connectivity index (χ4v) is 5.71. The summed E-state index contributed by atoms with van der Waals surface area (Å²) in [6.07, 6.45) is 31.2. The molecule has 0 fully saturated rings. The van der Waals surface area contributed by atoms with Gasteiger partial charge >= 0.3 is 5.97 Å². The number of carbonyl (C=O) groups is 1. The van der Waals surface area contributed by atoms with Gasteiger partial charge in [-0.2, -0.15) is 0 Å². The van der Waals surface area contributed by atoms with Gasteiger partial charge in [0, 0.05) is 6.42 Å². The van der Waals surface area contributed by atoms with Crippen LogP contribution >= 0.6 is 0 Å². The molecule has 0 bridgehead atoms. The largest absolute Gasteiger partial charge is 0.469 e. The van der Waals surface area contributed by atoms with Crippen LogP contribution in [0.15, 0.2) is 96.0 Å². The second kappa shape index (κ2) is 21.4. The summed E-state index contributed by atoms with van der Waals surface area (Å²) in [7, 11) is -2.02. The molecule has 0 saturated carbocycles. The molecule has 1 aromatic carbocycles. The van der Waals surface area contributed by atoms with Gasteiger partial charge in [0.2, 0.25) is 0 Å². The third kappa shape index (κ3) is 15.9. The Kier molecular flexibility index (Phi) is 18.7. The first-order valence-electron chi connectivity index (χ1n) is 13.6. The molecule has 0 aliphatic carbocycles. The Hall–Kier alpha value is -2.66. The van der Waals surface area contributed by atoms with Crippen molar-refractivity contribution in [1.82, 2.24) is 0 Å². The van der Waals surface area contributed by atoms with Gasteiger partial charge in [-0.05, 0) is 76.3 Å². The van der Waals surface area contributed by atoms with Crippen molar-refractivity contribution in [2.45, 2.75) is 94.1 Å². The zero-order chi connectivity index (χ0) is 27.0. The van der Waals surface area contributed by atoms with E-state index in [1.165, 1.54) is 7.11 Å². The maximum atomic E-state index is 13.2. The molecule has 0 spiro atoms. The molecule has 1 aromatic rings. The second-order valence-electron chi connectivity index (χ2n) is 8.94. The van der Waals surface area contributed by atoms with Gasteiger partial charge in [-0.25, -0.2) is 8.42 Å². The molecule has 0 N–H and O–H groups in total. The predicted molar refractivity (Wildman–Crippen MR) is 156 cm³/mol. The van der Waals surface area contributed by atoms with Crippen LogP contribution in [0.3, 0.4) is 0 Å². The third-order valence-corrected chi connectivity index (χ3v) is 8.23. The lowest BCUT2D eigenvalue weighted by molar-refractivity contribution is -0.140. The van der Waals surface area contributed by atoms with E-state index in [4.69, 9.17) is 0 Å². The van der Waals surface area contributed by atoms with Crippen LogP contribution < -0.4 is 0 Å². The van der Waals surface area contributed by atoms with Gasteiger partial charge in [-0.3, -0.25) is 4.79 Å². The van der Waals surface area contributed by atoms with Crippen LogP contribution in [0.1, 0.15) is 84.0 Å². The maximum Gasteiger partial charge on any atom is 0.305 e. The van der Waals surface area contributed by atoms with Crippen LogP contribution in [0.25, 0.3) is 0 Å². The van der Waals surface area contributed by atoms with E-state index in [0.29, 0.717) is 37.0 Å². The molecular formula is C32H46O4S. The third-order valence-electron chi connectivity index (χ3n) is 5.95. The van der Waals surface area contributed by atoms with Crippen molar-refractivity contribution in [1.29, 1.82) is 0 Å². The normalized spacial score (nSPS) is 13.6. The van der Waals surface area contributed by atoms with Crippen molar-refractivity contribution in [2.75, 3.05) is 7.11 Å². The van der Waals surface area contributed by atoms with Gasteiger partial charge < -0.3 is 4.74 Å². The highest BCUT2D eigenvalue weighted by Gasteiger charge is 2.26. The zero-order valence-electron chi connectivity index (χ0n) is 22.8. The number of unbranched alkanes of at least 4 members (excludes halogenated alkanes) is 2. The Balaban J connectivity index is 2.37. The molecular weight excluding hydrogens is 480 g/mol. The Morgan fingerprint density at radius 3 is 1.81 bits per heavy atom. The molecule has 0 heterocycles. The number of allylic oxidation sites excluding steroid dienone is 10. The van der Waals surface area contributed by atoms with Crippen molar-refractivity contribution in [3.8, 4) is 0 Å². The van der Waals surface area contributed by atoms with Crippen molar-refractivity contribution in [2.24, 2.45) is 0 Å². The Morgan fingerprint density at radius 2 is 1.27 bits per heavy atom. The van der Waals surface area contributed by atoms with Crippen molar-refractivity contribution in [3.63, 3.8) is 0 Å². The standard InChI is InChI=1S/C32H46O4S/c1-3-4-5-6-7-8-9-10-11-12-13-14-15-16-17-18-20-25-31(28-23-24-29-32(33)36-2)37(34,35)30-26-21-19-22-27-30/h4-5,7-8,10-11,13-14,16-17,19,21-22,26-27,31H,3,6,9,12,15,18,20,23-25,28-29H2,1-2H3/b5-4-,8-7-,11-10-,14-13-,17-16-. The summed E-state index contributed by atoms with van der Waals surface area (Å²) in [6, 6.07) is 8.68. The number of hydrogen-bond acceptors (Lipinski definition) is 4. The minimum atomic E-state index is -3.39. The zero-order valence-corrected chi connectivity index (χ0v) is 23.6. The van der Waals surface area contributed by atoms with Crippen LogP contribution in [0.4, 0.5) is 0 Å². The molecule has 0 aliphatic heterocycles. The van der Waals surface area contributed by atoms with Crippen LogP contribution in [-0.2, 0) is 19.4 Å². The van der Waals surface area contributed by atoms with Gasteiger partial charge in [0.25, 0.3) is 0 Å². The molecule has 0 radical (unpaired) electrons. The fraction of sp³-hybridized carbons (Fsp3) is 0.469. The number of carbonyl (C=O) groups excluding carboxylic acids is 1. The SMILES string of the molecule is CC/C=C\C/C=C\C/C=C\C/C=C\C/C=C\CCCC(CCCCC(=O)OC)S(=O)(=O)c1ccccc1. The molecule has 5 heteroatoms. The van der Waals surface area contributed by atoms with E-state index in [9.17, 15) is 13.2 Å². The molecule has 0 aromatic heterocycles. The van der Waals surface area contributed by atoms with E-state index >= 15 is 0 Å². The van der Waals surface area contributed by atoms with Crippen LogP contribution in [0, 0.1) is 0 Å². The Bertz CT molecular complexity index is 969. The molecule has 0 saturated heterocycles. The molecule has 1 rings (SSSR count). The summed E-state index contributed by atoms with van der Waals surface area (Å²) in [5.41, 5.74) is 0. The topological polar surface area (TPSA) is 60.4 Å². The highest BCUT2D eigenvalue weighted by atomic mass is 32.2. The van der Waals surface area contributed by atoms with E-state index in [0.717, 1.165) is 44.9 Å². The summed E-state index contributed by atoms with van der Waals surface area (Å²) in [5.74, 6) is -0.249. The molecule has 1 unspecified atom stereocenters. The number of esters is 1. The first-order valence-corrected chi connectivity index (χ1v) is 15.2. The van der Waals surface area contributed by atoms with Crippen molar-refractivity contribution >= 4 is 15.8 Å². The summed E-state index contributed by atoms with van der Waals surface area (Å²) < 4.78 is 31.1. The summed E-state index contributed by atoms with van der Waals surface area (Å²) in [4.78, 5) is 11.7. The highest BCUT2D eigenvalue weighted by molar-refractivity contribution is 7.92. The van der Waals surface area contributed by atoms with Crippen molar-refractivity contribution < 1.29 is 17.9 Å². The average Bonchev–Trinajstić information content (AvgIpc) is 2.91. The lowest BCUT2D eigenvalue weighted by Crippen LogP contribution is -2.22. The van der Waals surface area contributed by atoms with E-state index in [1.807, 2.05) is 6.07 Å². The Labute approximate surface area is 225 Å². The number of ether oxygens (including phenoxy) is 1. The summed E-state index contributed by atoms with van der Waals surface area (Å²) in [6.45, 7) is 2.14. The second-order valence-corrected chi connectivity index (χ2v) is 11.2. The average molecular weight is 527 g/mol. The van der Waals surface area contributed by atoms with Gasteiger partial charge in [0.15, 0.2) is 9.84 Å². The highest BCUT2D eigenvalue weighted by Crippen LogP contribution is 2.24. The molecule has 204 valence electrons. The lowest BCUT2D eigenvalue weighted by Gasteiger charge is -2.17. The predicted octanol–water partition coefficient (Wildman–Crippen LogP) is 8.48. The molecule has 1 atom stereocenters. The summed E-state index contributed by atoms with van der Waals surface area (Å²) in [5, 5.41) is -0.435. The van der Waals surface area contributed by atoms with Crippen molar-refractivity contribution in [3.05, 3.63) is 91.1 Å². The smallest absolute Gasteiger partial charge is 0.305 e. The van der Waals surface area contributed by atoms with E-state index < -0.39 is 15.1 Å². The van der Waals surface area contributed by atoms with Crippen LogP contribution in [-0.4, -0.2) is 26.7 Å². The number of benzene rings is 1. The summed E-state index contributed by atoms with van der Waals surface area (Å²) >= 11 is 0. The quantitative estimate of drug-likeness (QED) is 0.0971. The molecule has 37 heavy (non-hydrogen) atoms. The maximum absolute atomic E-state index is 13.2. The van der Waals surface area contributed by atoms with E-state index in [1.54, 1.807) is 24.3 Å². The number of methoxy groups -OCH3 is 1. The van der Waals surface area contributed by atoms with Crippen LogP contribution in [0.2, 0.25) is 0 Å². The number of hydrogen-bond donors (Lipinski definition) is 0. The first kappa shape index (κ1) is 32.4. The fourth-order valence-electron chi connectivity index (χ4n) is 3.83.